The number of hydrogen-bond acceptors (Lipinski definition) is 3. The van der Waals surface area contributed by atoms with Crippen molar-refractivity contribution in [1.29, 1.82) is 0 Å². The molecule has 0 saturated heterocycles. The molecule has 1 aromatic rings. The minimum Gasteiger partial charge on any atom is -0.423 e. The Morgan fingerprint density at radius 2 is 1.95 bits per heavy atom. The summed E-state index contributed by atoms with van der Waals surface area (Å²) in [5.41, 5.74) is 0.271. The monoisotopic (exact) mass is 271 g/mol. The van der Waals surface area contributed by atoms with E-state index in [1.807, 2.05) is 0 Å². The summed E-state index contributed by atoms with van der Waals surface area (Å²) in [6, 6.07) is 2.61. The van der Waals surface area contributed by atoms with Crippen molar-refractivity contribution in [2.75, 3.05) is 0 Å². The summed E-state index contributed by atoms with van der Waals surface area (Å²) in [7, 11) is -1.70. The molecule has 1 saturated carbocycles. The Bertz CT molecular complexity index is 494. The molecule has 19 heavy (non-hydrogen) atoms. The van der Waals surface area contributed by atoms with Gasteiger partial charge >= 0.3 is 7.12 Å². The first-order valence-corrected chi connectivity index (χ1v) is 6.33. The highest BCUT2D eigenvalue weighted by Gasteiger charge is 2.34. The normalized spacial score (nSPS) is 19.4. The molecule has 1 aromatic heterocycles. The second kappa shape index (κ2) is 5.42. The molecule has 2 rings (SSSR count). The Balaban J connectivity index is 2.06. The van der Waals surface area contributed by atoms with E-state index in [1.54, 1.807) is 0 Å². The first-order valence-electron chi connectivity index (χ1n) is 6.33. The number of alkyl halides is 2. The van der Waals surface area contributed by atoms with Gasteiger partial charge in [0.05, 0.1) is 0 Å². The first kappa shape index (κ1) is 14.2. The fourth-order valence-electron chi connectivity index (χ4n) is 2.50. The average molecular weight is 271 g/mol. The van der Waals surface area contributed by atoms with Crippen LogP contribution in [-0.4, -0.2) is 28.1 Å². The molecule has 1 aliphatic carbocycles. The van der Waals surface area contributed by atoms with Crippen LogP contribution >= 0.6 is 0 Å². The predicted octanol–water partition coefficient (Wildman–Crippen LogP) is 0.423. The summed E-state index contributed by atoms with van der Waals surface area (Å²) in [5.74, 6) is -2.46. The van der Waals surface area contributed by atoms with E-state index in [2.05, 4.69) is 4.98 Å². The highest BCUT2D eigenvalue weighted by molar-refractivity contribution is 6.58. The molecule has 0 bridgehead atoms. The fourth-order valence-corrected chi connectivity index (χ4v) is 2.50. The quantitative estimate of drug-likeness (QED) is 0.698. The van der Waals surface area contributed by atoms with Gasteiger partial charge in [0, 0.05) is 24.6 Å². The molecular weight excluding hydrogens is 255 g/mol. The van der Waals surface area contributed by atoms with Gasteiger partial charge in [0.1, 0.15) is 0 Å². The summed E-state index contributed by atoms with van der Waals surface area (Å²) in [4.78, 5) is 14.0. The van der Waals surface area contributed by atoms with Crippen molar-refractivity contribution in [3.05, 3.63) is 28.2 Å². The van der Waals surface area contributed by atoms with Gasteiger partial charge in [-0.05, 0) is 36.7 Å². The van der Waals surface area contributed by atoms with Crippen LogP contribution in [0.2, 0.25) is 0 Å². The van der Waals surface area contributed by atoms with Gasteiger partial charge in [-0.2, -0.15) is 0 Å². The van der Waals surface area contributed by atoms with Gasteiger partial charge in [-0.3, -0.25) is 4.79 Å². The van der Waals surface area contributed by atoms with E-state index in [0.717, 1.165) is 6.07 Å². The third-order valence-electron chi connectivity index (χ3n) is 3.57. The molecule has 0 unspecified atom stereocenters. The molecule has 1 fully saturated rings. The van der Waals surface area contributed by atoms with Crippen molar-refractivity contribution in [1.82, 2.24) is 4.98 Å². The van der Waals surface area contributed by atoms with Gasteiger partial charge in [-0.1, -0.05) is 0 Å². The summed E-state index contributed by atoms with van der Waals surface area (Å²) < 4.78 is 26.1. The Morgan fingerprint density at radius 3 is 2.53 bits per heavy atom. The van der Waals surface area contributed by atoms with Gasteiger partial charge in [0.15, 0.2) is 0 Å². The lowest BCUT2D eigenvalue weighted by Gasteiger charge is -2.28. The Kier molecular flexibility index (Phi) is 4.06. The molecule has 7 heteroatoms. The van der Waals surface area contributed by atoms with Crippen LogP contribution in [0.5, 0.6) is 0 Å². The van der Waals surface area contributed by atoms with Gasteiger partial charge in [0.2, 0.25) is 11.5 Å². The Hall–Kier alpha value is -1.21. The highest BCUT2D eigenvalue weighted by atomic mass is 19.3. The summed E-state index contributed by atoms with van der Waals surface area (Å²) in [6.45, 7) is 0. The molecule has 0 aromatic carbocycles. The first-order chi connectivity index (χ1) is 8.85. The van der Waals surface area contributed by atoms with Crippen molar-refractivity contribution >= 4 is 12.6 Å². The summed E-state index contributed by atoms with van der Waals surface area (Å²) in [6.07, 6.45) is 1.07. The van der Waals surface area contributed by atoms with Crippen molar-refractivity contribution < 1.29 is 18.8 Å². The van der Waals surface area contributed by atoms with Crippen LogP contribution in [0, 0.1) is 5.92 Å². The second-order valence-corrected chi connectivity index (χ2v) is 5.18. The number of halogens is 2. The number of hydrogen-bond donors (Lipinski definition) is 3. The molecule has 0 aliphatic heterocycles. The second-order valence-electron chi connectivity index (χ2n) is 5.18. The van der Waals surface area contributed by atoms with Gasteiger partial charge in [-0.15, -0.1) is 0 Å². The molecule has 104 valence electrons. The van der Waals surface area contributed by atoms with E-state index in [0.29, 0.717) is 25.0 Å². The molecule has 4 nitrogen and oxygen atoms in total. The fraction of sp³-hybridized carbons (Fsp3) is 0.583. The largest absolute Gasteiger partial charge is 0.488 e. The van der Waals surface area contributed by atoms with Crippen LogP contribution in [0.15, 0.2) is 16.9 Å². The topological polar surface area (TPSA) is 73.3 Å². The van der Waals surface area contributed by atoms with E-state index in [4.69, 9.17) is 10.0 Å². The maximum absolute atomic E-state index is 13.0. The van der Waals surface area contributed by atoms with Crippen LogP contribution in [0.1, 0.15) is 31.4 Å². The van der Waals surface area contributed by atoms with Gasteiger partial charge in [-0.25, -0.2) is 8.78 Å². The van der Waals surface area contributed by atoms with Gasteiger partial charge < -0.3 is 15.0 Å². The third-order valence-corrected chi connectivity index (χ3v) is 3.57. The molecule has 1 aliphatic rings. The number of aromatic amines is 1. The molecular formula is C12H16BF2NO3. The van der Waals surface area contributed by atoms with Crippen molar-refractivity contribution in [3.8, 4) is 0 Å². The number of rotatable bonds is 3. The van der Waals surface area contributed by atoms with Gasteiger partial charge in [0.25, 0.3) is 0 Å². The van der Waals surface area contributed by atoms with E-state index in [-0.39, 0.29) is 24.2 Å². The maximum Gasteiger partial charge on any atom is 0.488 e. The molecule has 1 heterocycles. The smallest absolute Gasteiger partial charge is 0.423 e. The van der Waals surface area contributed by atoms with E-state index >= 15 is 0 Å². The molecule has 0 radical (unpaired) electrons. The SMILES string of the molecule is O=c1cc(B(O)O)cc(CC2CCC(F)(F)CC2)[nH]1. The molecule has 0 spiro atoms. The molecule has 0 atom stereocenters. The van der Waals surface area contributed by atoms with Crippen LogP contribution < -0.4 is 11.0 Å². The Labute approximate surface area is 109 Å². The highest BCUT2D eigenvalue weighted by Crippen LogP contribution is 2.37. The lowest BCUT2D eigenvalue weighted by molar-refractivity contribution is -0.0457. The lowest BCUT2D eigenvalue weighted by atomic mass is 9.79. The number of H-pyrrole nitrogens is 1. The van der Waals surface area contributed by atoms with E-state index in [9.17, 15) is 13.6 Å². The van der Waals surface area contributed by atoms with Crippen LogP contribution in [0.3, 0.4) is 0 Å². The minimum absolute atomic E-state index is 0.0985. The minimum atomic E-state index is -2.56. The third kappa shape index (κ3) is 3.88. The number of aromatic nitrogens is 1. The Morgan fingerprint density at radius 1 is 1.32 bits per heavy atom. The van der Waals surface area contributed by atoms with Crippen LogP contribution in [-0.2, 0) is 6.42 Å². The maximum atomic E-state index is 13.0. The number of nitrogens with one attached hydrogen (secondary N) is 1. The van der Waals surface area contributed by atoms with E-state index in [1.165, 1.54) is 6.07 Å². The van der Waals surface area contributed by atoms with Crippen molar-refractivity contribution in [3.63, 3.8) is 0 Å². The molecule has 3 N–H and O–H groups in total. The van der Waals surface area contributed by atoms with Crippen LogP contribution in [0.4, 0.5) is 8.78 Å². The van der Waals surface area contributed by atoms with Crippen LogP contribution in [0.25, 0.3) is 0 Å². The zero-order valence-corrected chi connectivity index (χ0v) is 10.4. The summed E-state index contributed by atoms with van der Waals surface area (Å²) >= 11 is 0. The predicted molar refractivity (Wildman–Crippen MR) is 67.5 cm³/mol. The average Bonchev–Trinajstić information content (AvgIpc) is 2.31. The van der Waals surface area contributed by atoms with E-state index < -0.39 is 18.6 Å². The van der Waals surface area contributed by atoms with Crippen molar-refractivity contribution in [2.24, 2.45) is 5.92 Å². The van der Waals surface area contributed by atoms with Crippen molar-refractivity contribution in [2.45, 2.75) is 38.0 Å². The summed E-state index contributed by atoms with van der Waals surface area (Å²) in [5, 5.41) is 18.1. The lowest BCUT2D eigenvalue weighted by Crippen LogP contribution is -2.34. The standard InChI is InChI=1S/C12H16BF2NO3/c14-12(15)3-1-8(2-4-12)5-10-6-9(13(18)19)7-11(17)16-10/h6-8,18-19H,1-5H2,(H,16,17). The molecule has 0 amide bonds. The zero-order chi connectivity index (χ0) is 14.0. The number of pyridine rings is 1. The zero-order valence-electron chi connectivity index (χ0n) is 10.4.